The number of amidine groups is 1. The number of methoxy groups -OCH3 is 1. The summed E-state index contributed by atoms with van der Waals surface area (Å²) in [6.45, 7) is 1.92. The lowest BCUT2D eigenvalue weighted by molar-refractivity contribution is 0.406. The molecule has 1 fully saturated rings. The van der Waals surface area contributed by atoms with E-state index in [0.29, 0.717) is 11.8 Å². The molecule has 3 rings (SSSR count). The van der Waals surface area contributed by atoms with Gasteiger partial charge in [0, 0.05) is 28.8 Å². The minimum absolute atomic E-state index is 0.228. The number of allylic oxidation sites excluding steroid dienone is 2. The largest absolute Gasteiger partial charge is 0.496 e. The number of benzene rings is 1. The van der Waals surface area contributed by atoms with Crippen molar-refractivity contribution in [3.8, 4) is 18.1 Å². The Bertz CT molecular complexity index is 779. The van der Waals surface area contributed by atoms with E-state index in [1.807, 2.05) is 24.3 Å². The summed E-state index contributed by atoms with van der Waals surface area (Å²) in [6.07, 6.45) is 9.44. The Morgan fingerprint density at radius 1 is 1.32 bits per heavy atom. The lowest BCUT2D eigenvalue weighted by atomic mass is 9.78. The number of nitrogens with two attached hydrogens (primary N) is 2. The van der Waals surface area contributed by atoms with Gasteiger partial charge >= 0.3 is 0 Å². The van der Waals surface area contributed by atoms with Crippen molar-refractivity contribution >= 4 is 5.84 Å². The summed E-state index contributed by atoms with van der Waals surface area (Å²) in [7, 11) is 1.65. The average molecular weight is 336 g/mol. The first-order valence-corrected chi connectivity index (χ1v) is 8.51. The number of nitrogens with zero attached hydrogens (tertiary/aromatic N) is 1. The summed E-state index contributed by atoms with van der Waals surface area (Å²) >= 11 is 0. The zero-order valence-corrected chi connectivity index (χ0v) is 14.5. The smallest absolute Gasteiger partial charge is 0.129 e. The van der Waals surface area contributed by atoms with Crippen LogP contribution in [0.3, 0.4) is 0 Å². The minimum atomic E-state index is -0.228. The van der Waals surface area contributed by atoms with Crippen LogP contribution in [0, 0.1) is 18.3 Å². The van der Waals surface area contributed by atoms with Crippen molar-refractivity contribution in [2.45, 2.75) is 18.8 Å². The molecule has 0 saturated carbocycles. The number of hydrogen-bond donors (Lipinski definition) is 3. The van der Waals surface area contributed by atoms with Crippen LogP contribution in [0.4, 0.5) is 0 Å². The summed E-state index contributed by atoms with van der Waals surface area (Å²) in [5.41, 5.74) is 15.6. The van der Waals surface area contributed by atoms with Gasteiger partial charge in [0.05, 0.1) is 18.7 Å². The monoisotopic (exact) mass is 336 g/mol. The highest BCUT2D eigenvalue weighted by Gasteiger charge is 2.34. The van der Waals surface area contributed by atoms with E-state index in [4.69, 9.17) is 22.6 Å². The third-order valence-electron chi connectivity index (χ3n) is 4.92. The molecule has 25 heavy (non-hydrogen) atoms. The van der Waals surface area contributed by atoms with E-state index in [-0.39, 0.29) is 5.92 Å². The van der Waals surface area contributed by atoms with Crippen LogP contribution < -0.4 is 21.5 Å². The molecule has 1 aromatic rings. The van der Waals surface area contributed by atoms with Crippen LogP contribution in [0.15, 0.2) is 52.3 Å². The van der Waals surface area contributed by atoms with Crippen LogP contribution in [-0.2, 0) is 0 Å². The summed E-state index contributed by atoms with van der Waals surface area (Å²) in [4.78, 5) is 4.66. The number of piperidine rings is 1. The molecule has 0 aliphatic carbocycles. The highest BCUT2D eigenvalue weighted by Crippen LogP contribution is 2.43. The first kappa shape index (κ1) is 17.1. The maximum atomic E-state index is 6.27. The molecule has 1 atom stereocenters. The van der Waals surface area contributed by atoms with Gasteiger partial charge < -0.3 is 21.5 Å². The molecule has 0 aromatic heterocycles. The van der Waals surface area contributed by atoms with Gasteiger partial charge in [0.25, 0.3) is 0 Å². The van der Waals surface area contributed by atoms with E-state index >= 15 is 0 Å². The number of aliphatic imine (C=N–C) groups is 1. The average Bonchev–Trinajstić information content (AvgIpc) is 2.67. The van der Waals surface area contributed by atoms with Crippen molar-refractivity contribution in [3.05, 3.63) is 52.9 Å². The van der Waals surface area contributed by atoms with Crippen molar-refractivity contribution in [2.75, 3.05) is 20.2 Å². The second-order valence-electron chi connectivity index (χ2n) is 6.26. The fourth-order valence-corrected chi connectivity index (χ4v) is 3.68. The topological polar surface area (TPSA) is 85.7 Å². The number of rotatable bonds is 3. The first-order chi connectivity index (χ1) is 12.2. The van der Waals surface area contributed by atoms with Gasteiger partial charge in [-0.25, -0.2) is 4.99 Å². The molecule has 5 nitrogen and oxygen atoms in total. The van der Waals surface area contributed by atoms with Gasteiger partial charge in [-0.05, 0) is 32.0 Å². The minimum Gasteiger partial charge on any atom is -0.496 e. The molecule has 0 radical (unpaired) electrons. The van der Waals surface area contributed by atoms with Crippen LogP contribution in [0.2, 0.25) is 0 Å². The molecule has 0 amide bonds. The Morgan fingerprint density at radius 3 is 2.68 bits per heavy atom. The molecule has 1 saturated heterocycles. The molecular formula is C20H24N4O. The number of nitrogens with one attached hydrogen (secondary N) is 1. The van der Waals surface area contributed by atoms with Crippen LogP contribution in [0.25, 0.3) is 0 Å². The van der Waals surface area contributed by atoms with Crippen LogP contribution in [0.1, 0.15) is 24.3 Å². The fraction of sp³-hybridized carbons (Fsp3) is 0.350. The van der Waals surface area contributed by atoms with Gasteiger partial charge in [-0.15, -0.1) is 6.42 Å². The highest BCUT2D eigenvalue weighted by atomic mass is 16.5. The maximum absolute atomic E-state index is 6.27. The van der Waals surface area contributed by atoms with Crippen molar-refractivity contribution < 1.29 is 4.74 Å². The number of ether oxygens (including phenoxy) is 1. The molecular weight excluding hydrogens is 312 g/mol. The van der Waals surface area contributed by atoms with E-state index in [0.717, 1.165) is 54.1 Å². The Hall–Kier alpha value is -2.71. The summed E-state index contributed by atoms with van der Waals surface area (Å²) in [6, 6.07) is 7.82. The predicted octanol–water partition coefficient (Wildman–Crippen LogP) is 1.88. The van der Waals surface area contributed by atoms with Crippen molar-refractivity contribution in [3.63, 3.8) is 0 Å². The zero-order valence-electron chi connectivity index (χ0n) is 14.5. The highest BCUT2D eigenvalue weighted by molar-refractivity contribution is 6.01. The van der Waals surface area contributed by atoms with E-state index in [9.17, 15) is 0 Å². The Kier molecular flexibility index (Phi) is 5.11. The third-order valence-corrected chi connectivity index (χ3v) is 4.92. The van der Waals surface area contributed by atoms with Crippen LogP contribution in [0.5, 0.6) is 5.75 Å². The van der Waals surface area contributed by atoms with Gasteiger partial charge in [-0.1, -0.05) is 24.1 Å². The number of para-hydroxylation sites is 1. The fourth-order valence-electron chi connectivity index (χ4n) is 3.68. The molecule has 1 aromatic carbocycles. The molecule has 5 heteroatoms. The Morgan fingerprint density at radius 2 is 2.04 bits per heavy atom. The molecule has 1 unspecified atom stereocenters. The maximum Gasteiger partial charge on any atom is 0.129 e. The van der Waals surface area contributed by atoms with Crippen LogP contribution >= 0.6 is 0 Å². The van der Waals surface area contributed by atoms with Gasteiger partial charge in [0.15, 0.2) is 0 Å². The van der Waals surface area contributed by atoms with E-state index in [2.05, 4.69) is 16.2 Å². The molecule has 2 heterocycles. The second kappa shape index (κ2) is 7.45. The van der Waals surface area contributed by atoms with E-state index in [1.54, 1.807) is 7.11 Å². The lowest BCUT2D eigenvalue weighted by Crippen LogP contribution is -2.32. The standard InChI is InChI=1S/C20H24N4O/c1-3-14-18(15-6-4-5-7-17(15)25-2)16(12-21)20(22)24-19(14)13-8-10-23-11-9-13/h1,4-7,12-13,18,23H,8-11,21H2,2H3,(H2,22,24)/b16-12-. The zero-order chi connectivity index (χ0) is 17.8. The quantitative estimate of drug-likeness (QED) is 0.736. The second-order valence-corrected chi connectivity index (χ2v) is 6.26. The molecule has 0 spiro atoms. The predicted molar refractivity (Wildman–Crippen MR) is 101 cm³/mol. The molecule has 2 aliphatic rings. The number of terminal acetylenes is 1. The van der Waals surface area contributed by atoms with Gasteiger partial charge in [-0.2, -0.15) is 0 Å². The summed E-state index contributed by atoms with van der Waals surface area (Å²) in [5, 5.41) is 3.37. The van der Waals surface area contributed by atoms with Gasteiger partial charge in [0.1, 0.15) is 11.6 Å². The summed E-state index contributed by atoms with van der Waals surface area (Å²) < 4.78 is 5.55. The normalized spacial score (nSPS) is 23.3. The van der Waals surface area contributed by atoms with Crippen molar-refractivity contribution in [2.24, 2.45) is 22.4 Å². The summed E-state index contributed by atoms with van der Waals surface area (Å²) in [5.74, 6) is 4.16. The molecule has 2 aliphatic heterocycles. The van der Waals surface area contributed by atoms with Crippen molar-refractivity contribution in [1.29, 1.82) is 0 Å². The van der Waals surface area contributed by atoms with Crippen LogP contribution in [-0.4, -0.2) is 26.0 Å². The first-order valence-electron chi connectivity index (χ1n) is 8.51. The number of hydrogen-bond acceptors (Lipinski definition) is 5. The van der Waals surface area contributed by atoms with Crippen molar-refractivity contribution in [1.82, 2.24) is 5.32 Å². The molecule has 0 bridgehead atoms. The lowest BCUT2D eigenvalue weighted by Gasteiger charge is -2.32. The molecule has 130 valence electrons. The molecule has 5 N–H and O–H groups in total. The van der Waals surface area contributed by atoms with Gasteiger partial charge in [-0.3, -0.25) is 0 Å². The Balaban J connectivity index is 2.17. The van der Waals surface area contributed by atoms with E-state index in [1.165, 1.54) is 6.20 Å². The SMILES string of the molecule is C#CC1=C(C2CCNCC2)N=C(N)/C(=C\N)C1c1ccccc1OC. The Labute approximate surface area is 148 Å². The van der Waals surface area contributed by atoms with E-state index < -0.39 is 0 Å². The third kappa shape index (κ3) is 3.13. The van der Waals surface area contributed by atoms with Gasteiger partial charge in [0.2, 0.25) is 0 Å².